The molecule has 0 bridgehead atoms. The molecule has 0 heterocycles. The minimum absolute atomic E-state index is 0. The van der Waals surface area contributed by atoms with Gasteiger partial charge in [0.15, 0.2) is 0 Å². The van der Waals surface area contributed by atoms with Crippen LogP contribution in [-0.2, 0) is 4.79 Å². The van der Waals surface area contributed by atoms with E-state index in [1.807, 2.05) is 32.8 Å². The number of carbonyl (C=O) groups is 1. The van der Waals surface area contributed by atoms with Gasteiger partial charge in [-0.2, -0.15) is 0 Å². The van der Waals surface area contributed by atoms with Gasteiger partial charge in [-0.3, -0.25) is 0 Å². The minimum Gasteiger partial charge on any atom is -0.545 e. The maximum Gasteiger partial charge on any atom is 1.00 e. The zero-order valence-electron chi connectivity index (χ0n) is 8.56. The molecule has 2 radical (unpaired) electrons. The van der Waals surface area contributed by atoms with Crippen LogP contribution >= 0.6 is 0 Å². The average Bonchev–Trinajstić information content (AvgIpc) is 1.98. The Morgan fingerprint density at radius 1 is 1.23 bits per heavy atom. The second kappa shape index (κ2) is 6.78. The highest BCUT2D eigenvalue weighted by Crippen LogP contribution is 2.13. The quantitative estimate of drug-likeness (QED) is 0.623. The van der Waals surface area contributed by atoms with Crippen molar-refractivity contribution in [2.45, 2.75) is 26.7 Å². The lowest BCUT2D eigenvalue weighted by Gasteiger charge is -2.21. The molecule has 0 unspecified atom stereocenters. The van der Waals surface area contributed by atoms with Crippen LogP contribution < -0.4 is 5.11 Å². The first-order valence-corrected chi connectivity index (χ1v) is 4.15. The molecule has 0 aliphatic heterocycles. The van der Waals surface area contributed by atoms with Gasteiger partial charge < -0.3 is 14.8 Å². The molecule has 3 nitrogen and oxygen atoms in total. The Kier molecular flexibility index (Phi) is 7.72. The van der Waals surface area contributed by atoms with Crippen molar-refractivity contribution in [3.63, 3.8) is 0 Å². The molecule has 0 aliphatic rings. The maximum atomic E-state index is 10.6. The Morgan fingerprint density at radius 3 is 1.77 bits per heavy atom. The molecule has 0 aromatic rings. The standard InChI is InChI=1S/C9H17NO2.Cl/c1-5-7(9(11)12)8(6-2)10(3)4;/h5-6H2,1-4H3,(H,11,12);/q;+1/p-1. The molecule has 0 saturated carbocycles. The summed E-state index contributed by atoms with van der Waals surface area (Å²) < 4.78 is 0. The Hall–Kier alpha value is -0.700. The lowest BCUT2D eigenvalue weighted by molar-refractivity contribution is -0.299. The molecular formula is C9H16ClNO2. The van der Waals surface area contributed by atoms with Crippen molar-refractivity contribution in [2.75, 3.05) is 14.1 Å². The third-order valence-electron chi connectivity index (χ3n) is 1.82. The van der Waals surface area contributed by atoms with Gasteiger partial charge in [-0.25, -0.2) is 0 Å². The fourth-order valence-corrected chi connectivity index (χ4v) is 1.27. The van der Waals surface area contributed by atoms with Crippen LogP contribution in [0.5, 0.6) is 0 Å². The van der Waals surface area contributed by atoms with Crippen molar-refractivity contribution in [1.82, 2.24) is 4.90 Å². The van der Waals surface area contributed by atoms with E-state index in [1.165, 1.54) is 0 Å². The summed E-state index contributed by atoms with van der Waals surface area (Å²) in [6.45, 7) is 3.76. The molecule has 0 saturated heterocycles. The molecular weight excluding hydrogens is 190 g/mol. The third kappa shape index (κ3) is 4.18. The second-order valence-corrected chi connectivity index (χ2v) is 2.81. The van der Waals surface area contributed by atoms with Crippen molar-refractivity contribution < 1.29 is 22.3 Å². The van der Waals surface area contributed by atoms with Crippen LogP contribution in [0.2, 0.25) is 0 Å². The lowest BCUT2D eigenvalue weighted by Crippen LogP contribution is -2.28. The summed E-state index contributed by atoms with van der Waals surface area (Å²) in [5.41, 5.74) is 1.25. The summed E-state index contributed by atoms with van der Waals surface area (Å²) in [5.74, 6) is -1.05. The molecule has 0 amide bonds. The Balaban J connectivity index is 0. The molecule has 76 valence electrons. The molecule has 0 spiro atoms. The summed E-state index contributed by atoms with van der Waals surface area (Å²) in [5, 5.41) is 10.6. The largest absolute Gasteiger partial charge is 1.00 e. The van der Waals surface area contributed by atoms with Crippen LogP contribution in [0.3, 0.4) is 0 Å². The van der Waals surface area contributed by atoms with E-state index in [-0.39, 0.29) is 12.4 Å². The average molecular weight is 206 g/mol. The molecule has 13 heavy (non-hydrogen) atoms. The van der Waals surface area contributed by atoms with Gasteiger partial charge in [-0.15, -0.1) is 0 Å². The monoisotopic (exact) mass is 205 g/mol. The number of hydrogen-bond donors (Lipinski definition) is 0. The number of aliphatic carboxylic acids is 1. The predicted octanol–water partition coefficient (Wildman–Crippen LogP) is 0.372. The highest BCUT2D eigenvalue weighted by Gasteiger charge is 2.05. The summed E-state index contributed by atoms with van der Waals surface area (Å²) >= 11 is 0. The van der Waals surface area contributed by atoms with Crippen molar-refractivity contribution >= 4 is 5.97 Å². The lowest BCUT2D eigenvalue weighted by atomic mass is 10.1. The van der Waals surface area contributed by atoms with Crippen molar-refractivity contribution in [1.29, 1.82) is 0 Å². The van der Waals surface area contributed by atoms with Gasteiger partial charge in [0.1, 0.15) is 0 Å². The van der Waals surface area contributed by atoms with E-state index in [0.717, 1.165) is 12.1 Å². The van der Waals surface area contributed by atoms with E-state index in [1.54, 1.807) is 0 Å². The molecule has 0 atom stereocenters. The van der Waals surface area contributed by atoms with Crippen LogP contribution in [0, 0.1) is 12.4 Å². The van der Waals surface area contributed by atoms with Crippen molar-refractivity contribution in [3.05, 3.63) is 11.3 Å². The van der Waals surface area contributed by atoms with E-state index in [9.17, 15) is 9.90 Å². The number of carboxylic acids is 1. The van der Waals surface area contributed by atoms with Gasteiger partial charge in [-0.1, -0.05) is 13.8 Å². The van der Waals surface area contributed by atoms with E-state index >= 15 is 0 Å². The molecule has 0 N–H and O–H groups in total. The van der Waals surface area contributed by atoms with Crippen molar-refractivity contribution in [3.8, 4) is 0 Å². The topological polar surface area (TPSA) is 43.4 Å². The maximum absolute atomic E-state index is 10.6. The number of hydrogen-bond acceptors (Lipinski definition) is 3. The predicted molar refractivity (Wildman–Crippen MR) is 46.3 cm³/mol. The van der Waals surface area contributed by atoms with Gasteiger partial charge in [0.2, 0.25) is 0 Å². The smallest absolute Gasteiger partial charge is 0.545 e. The number of allylic oxidation sites excluding steroid dienone is 1. The summed E-state index contributed by atoms with van der Waals surface area (Å²) in [4.78, 5) is 12.5. The Labute approximate surface area is 85.8 Å². The van der Waals surface area contributed by atoms with Crippen LogP contribution in [0.15, 0.2) is 11.3 Å². The van der Waals surface area contributed by atoms with E-state index in [2.05, 4.69) is 0 Å². The minimum atomic E-state index is -1.05. The van der Waals surface area contributed by atoms with Crippen LogP contribution in [0.25, 0.3) is 0 Å². The van der Waals surface area contributed by atoms with E-state index < -0.39 is 5.97 Å². The number of rotatable bonds is 4. The van der Waals surface area contributed by atoms with Crippen molar-refractivity contribution in [2.24, 2.45) is 0 Å². The van der Waals surface area contributed by atoms with Crippen LogP contribution in [0.4, 0.5) is 0 Å². The molecule has 0 fully saturated rings. The van der Waals surface area contributed by atoms with Gasteiger partial charge >= 0.3 is 12.4 Å². The number of carbonyl (C=O) groups excluding carboxylic acids is 1. The van der Waals surface area contributed by atoms with Gasteiger partial charge in [0.05, 0.1) is 5.97 Å². The molecule has 0 aliphatic carbocycles. The fourth-order valence-electron chi connectivity index (χ4n) is 1.27. The van der Waals surface area contributed by atoms with E-state index in [4.69, 9.17) is 0 Å². The van der Waals surface area contributed by atoms with Crippen LogP contribution in [0.1, 0.15) is 26.7 Å². The first-order valence-electron chi connectivity index (χ1n) is 4.15. The fraction of sp³-hybridized carbons (Fsp3) is 0.667. The van der Waals surface area contributed by atoms with Gasteiger partial charge in [0.25, 0.3) is 0 Å². The van der Waals surface area contributed by atoms with Gasteiger partial charge in [0, 0.05) is 19.8 Å². The first kappa shape index (κ1) is 14.8. The molecule has 0 aromatic carbocycles. The third-order valence-corrected chi connectivity index (χ3v) is 1.82. The highest BCUT2D eigenvalue weighted by atomic mass is 35.5. The van der Waals surface area contributed by atoms with Gasteiger partial charge in [-0.05, 0) is 18.4 Å². The molecule has 0 rings (SSSR count). The molecule has 0 aromatic heterocycles. The normalized spacial score (nSPS) is 11.4. The first-order chi connectivity index (χ1) is 5.54. The zero-order valence-corrected chi connectivity index (χ0v) is 9.31. The number of halogens is 1. The molecule has 4 heteroatoms. The van der Waals surface area contributed by atoms with Crippen LogP contribution in [-0.4, -0.2) is 25.0 Å². The number of carboxylic acid groups (broad SMARTS) is 1. The summed E-state index contributed by atoms with van der Waals surface area (Å²) in [6, 6.07) is 0. The summed E-state index contributed by atoms with van der Waals surface area (Å²) in [6.07, 6.45) is 1.24. The number of nitrogens with zero attached hydrogens (tertiary/aromatic N) is 1. The summed E-state index contributed by atoms with van der Waals surface area (Å²) in [7, 11) is 3.69. The highest BCUT2D eigenvalue weighted by molar-refractivity contribution is 5.85. The van der Waals surface area contributed by atoms with E-state index in [0.29, 0.717) is 12.0 Å². The second-order valence-electron chi connectivity index (χ2n) is 2.81. The Morgan fingerprint density at radius 2 is 1.69 bits per heavy atom. The SMILES string of the molecule is CCC(C(=O)[O-])=C(CC)N(C)C.[Cl+]. The Bertz CT molecular complexity index is 200. The zero-order chi connectivity index (χ0) is 9.72.